The van der Waals surface area contributed by atoms with Crippen LogP contribution in [0.2, 0.25) is 0 Å². The third kappa shape index (κ3) is 10.2. The molecule has 2 aliphatic rings. The number of carbonyl (C=O) groups excluding carboxylic acids is 1. The van der Waals surface area contributed by atoms with Crippen molar-refractivity contribution in [3.8, 4) is 6.07 Å². The monoisotopic (exact) mass is 562 g/mol. The zero-order chi connectivity index (χ0) is 29.1. The molecule has 216 valence electrons. The number of carboxylic acid groups (broad SMARTS) is 1. The maximum Gasteiger partial charge on any atom is 0.490 e. The normalized spacial score (nSPS) is 22.7. The molecule has 0 bridgehead atoms. The van der Waals surface area contributed by atoms with Crippen LogP contribution in [0.5, 0.6) is 0 Å². The number of aliphatic carboxylic acids is 1. The number of anilines is 1. The topological polar surface area (TPSA) is 114 Å². The Balaban J connectivity index is 0.000000559. The van der Waals surface area contributed by atoms with Crippen LogP contribution in [-0.2, 0) is 11.2 Å². The van der Waals surface area contributed by atoms with E-state index in [9.17, 15) is 22.4 Å². The number of urea groups is 1. The summed E-state index contributed by atoms with van der Waals surface area (Å²) in [6.07, 6.45) is 4.93. The van der Waals surface area contributed by atoms with Gasteiger partial charge in [0.2, 0.25) is 0 Å². The number of amides is 2. The first-order valence-corrected chi connectivity index (χ1v) is 13.4. The SMILES string of the molecule is N#Cc1cccc(NC(=O)N[C@H]2CCCC[C@@H]2NC2CCC(Cc3ccc(F)cc3)CC2)c1.O=C(O)C(F)(F)F. The maximum atomic E-state index is 13.1. The molecule has 0 aromatic heterocycles. The molecule has 4 N–H and O–H groups in total. The Labute approximate surface area is 231 Å². The van der Waals surface area contributed by atoms with Crippen molar-refractivity contribution < 1.29 is 32.3 Å². The predicted octanol–water partition coefficient (Wildman–Crippen LogP) is 6.15. The zero-order valence-electron chi connectivity index (χ0n) is 22.0. The minimum atomic E-state index is -5.08. The molecule has 4 rings (SSSR count). The van der Waals surface area contributed by atoms with Crippen LogP contribution in [0.1, 0.15) is 62.5 Å². The summed E-state index contributed by atoms with van der Waals surface area (Å²) in [7, 11) is 0. The number of carbonyl (C=O) groups is 2. The van der Waals surface area contributed by atoms with Crippen molar-refractivity contribution in [2.75, 3.05) is 5.32 Å². The average Bonchev–Trinajstić information content (AvgIpc) is 2.92. The molecule has 0 heterocycles. The van der Waals surface area contributed by atoms with Gasteiger partial charge in [0.15, 0.2) is 0 Å². The van der Waals surface area contributed by atoms with Crippen molar-refractivity contribution in [1.82, 2.24) is 10.6 Å². The highest BCUT2D eigenvalue weighted by Crippen LogP contribution is 2.29. The Kier molecular flexibility index (Phi) is 11.3. The lowest BCUT2D eigenvalue weighted by Gasteiger charge is -2.38. The van der Waals surface area contributed by atoms with Crippen molar-refractivity contribution in [1.29, 1.82) is 5.26 Å². The van der Waals surface area contributed by atoms with Crippen molar-refractivity contribution in [2.45, 2.75) is 82.1 Å². The Morgan fingerprint density at radius 2 is 1.57 bits per heavy atom. The number of halogens is 4. The van der Waals surface area contributed by atoms with Crippen molar-refractivity contribution in [3.05, 3.63) is 65.5 Å². The van der Waals surface area contributed by atoms with Crippen molar-refractivity contribution >= 4 is 17.7 Å². The summed E-state index contributed by atoms with van der Waals surface area (Å²) < 4.78 is 44.9. The molecule has 11 heteroatoms. The van der Waals surface area contributed by atoms with Crippen molar-refractivity contribution in [3.63, 3.8) is 0 Å². The summed E-state index contributed by atoms with van der Waals surface area (Å²) in [5.41, 5.74) is 2.38. The second-order valence-electron chi connectivity index (χ2n) is 10.3. The second-order valence-corrected chi connectivity index (χ2v) is 10.3. The molecule has 2 aliphatic carbocycles. The van der Waals surface area contributed by atoms with E-state index >= 15 is 0 Å². The predicted molar refractivity (Wildman–Crippen MR) is 142 cm³/mol. The van der Waals surface area contributed by atoms with Crippen molar-refractivity contribution in [2.24, 2.45) is 5.92 Å². The number of hydrogen-bond acceptors (Lipinski definition) is 4. The van der Waals surface area contributed by atoms with Gasteiger partial charge in [0.05, 0.1) is 11.6 Å². The lowest BCUT2D eigenvalue weighted by Crippen LogP contribution is -2.55. The van der Waals surface area contributed by atoms with E-state index < -0.39 is 12.1 Å². The van der Waals surface area contributed by atoms with Crippen LogP contribution in [-0.4, -0.2) is 41.4 Å². The molecule has 40 heavy (non-hydrogen) atoms. The Morgan fingerprint density at radius 1 is 0.950 bits per heavy atom. The van der Waals surface area contributed by atoms with Crippen LogP contribution >= 0.6 is 0 Å². The molecule has 0 spiro atoms. The highest BCUT2D eigenvalue weighted by Gasteiger charge is 2.38. The van der Waals surface area contributed by atoms with E-state index in [0.717, 1.165) is 38.5 Å². The largest absolute Gasteiger partial charge is 0.490 e. The number of alkyl halides is 3. The first kappa shape index (κ1) is 30.9. The van der Waals surface area contributed by atoms with Crippen LogP contribution < -0.4 is 16.0 Å². The highest BCUT2D eigenvalue weighted by molar-refractivity contribution is 5.89. The molecule has 2 aromatic rings. The van der Waals surface area contributed by atoms with Gasteiger partial charge in [-0.1, -0.05) is 31.0 Å². The van der Waals surface area contributed by atoms with Gasteiger partial charge in [-0.15, -0.1) is 0 Å². The summed E-state index contributed by atoms with van der Waals surface area (Å²) in [6.45, 7) is 0. The number of nitrogens with one attached hydrogen (secondary N) is 3. The molecule has 7 nitrogen and oxygen atoms in total. The molecule has 0 saturated heterocycles. The average molecular weight is 563 g/mol. The molecule has 2 aromatic carbocycles. The fourth-order valence-corrected chi connectivity index (χ4v) is 5.29. The molecule has 2 fully saturated rings. The third-order valence-corrected chi connectivity index (χ3v) is 7.31. The Bertz CT molecular complexity index is 1160. The van der Waals surface area contributed by atoms with E-state index in [4.69, 9.17) is 15.2 Å². The summed E-state index contributed by atoms with van der Waals surface area (Å²) in [6, 6.07) is 16.6. The van der Waals surface area contributed by atoms with Gasteiger partial charge >= 0.3 is 18.2 Å². The second kappa shape index (κ2) is 14.7. The maximum absolute atomic E-state index is 13.1. The number of nitrogens with zero attached hydrogens (tertiary/aromatic N) is 1. The zero-order valence-corrected chi connectivity index (χ0v) is 22.0. The van der Waals surface area contributed by atoms with E-state index in [1.54, 1.807) is 36.4 Å². The minimum absolute atomic E-state index is 0.106. The molecule has 2 atom stereocenters. The molecule has 2 saturated carbocycles. The van der Waals surface area contributed by atoms with Crippen LogP contribution in [0.25, 0.3) is 0 Å². The summed E-state index contributed by atoms with van der Waals surface area (Å²) in [5.74, 6) is -2.28. The lowest BCUT2D eigenvalue weighted by molar-refractivity contribution is -0.192. The lowest BCUT2D eigenvalue weighted by atomic mass is 9.81. The number of nitriles is 1. The first-order valence-electron chi connectivity index (χ1n) is 13.4. The minimum Gasteiger partial charge on any atom is -0.475 e. The summed E-state index contributed by atoms with van der Waals surface area (Å²) in [4.78, 5) is 21.5. The number of carboxylic acids is 1. The smallest absolute Gasteiger partial charge is 0.475 e. The van der Waals surface area contributed by atoms with E-state index in [1.165, 1.54) is 24.8 Å². The van der Waals surface area contributed by atoms with Gasteiger partial charge in [-0.2, -0.15) is 18.4 Å². The van der Waals surface area contributed by atoms with E-state index in [-0.39, 0.29) is 23.9 Å². The van der Waals surface area contributed by atoms with Crippen LogP contribution in [0.15, 0.2) is 48.5 Å². The quantitative estimate of drug-likeness (QED) is 0.315. The van der Waals surface area contributed by atoms with Gasteiger partial charge in [0.1, 0.15) is 5.82 Å². The summed E-state index contributed by atoms with van der Waals surface area (Å²) in [5, 5.41) is 26.1. The molecule has 0 aliphatic heterocycles. The fourth-order valence-electron chi connectivity index (χ4n) is 5.29. The van der Waals surface area contributed by atoms with Gasteiger partial charge in [-0.25, -0.2) is 14.0 Å². The molecule has 0 radical (unpaired) electrons. The van der Waals surface area contributed by atoms with Crippen LogP contribution in [0.4, 0.5) is 28.0 Å². The highest BCUT2D eigenvalue weighted by atomic mass is 19.4. The van der Waals surface area contributed by atoms with Gasteiger partial charge in [-0.05, 0) is 86.8 Å². The van der Waals surface area contributed by atoms with Gasteiger partial charge in [0.25, 0.3) is 0 Å². The van der Waals surface area contributed by atoms with Gasteiger partial charge in [0, 0.05) is 23.8 Å². The molecule has 2 amide bonds. The van der Waals surface area contributed by atoms with Crippen LogP contribution in [0.3, 0.4) is 0 Å². The van der Waals surface area contributed by atoms with E-state index in [0.29, 0.717) is 23.2 Å². The standard InChI is InChI=1S/C27H33FN4O.C2HF3O2/c28-22-12-8-19(9-13-22)16-20-10-14-23(15-11-20)30-25-6-1-2-7-26(25)32-27(33)31-24-5-3-4-21(17-24)18-29;3-2(4,5)1(6)7/h3-5,8-9,12-13,17,20,23,25-26,30H,1-2,6-7,10-11,14-16H2,(H2,31,32,33);(H,6,7)/t20?,23?,25-,26-;/m0./s1. The van der Waals surface area contributed by atoms with E-state index in [1.807, 2.05) is 12.1 Å². The van der Waals surface area contributed by atoms with E-state index in [2.05, 4.69) is 22.0 Å². The Morgan fingerprint density at radius 3 is 2.17 bits per heavy atom. The molecular formula is C29H34F4N4O3. The fraction of sp³-hybridized carbons (Fsp3) is 0.483. The number of rotatable bonds is 6. The number of hydrogen-bond donors (Lipinski definition) is 4. The Hall–Kier alpha value is -3.65. The molecular weight excluding hydrogens is 528 g/mol. The summed E-state index contributed by atoms with van der Waals surface area (Å²) >= 11 is 0. The molecule has 0 unspecified atom stereocenters. The first-order chi connectivity index (χ1) is 19.0. The van der Waals surface area contributed by atoms with Crippen LogP contribution in [0, 0.1) is 23.1 Å². The van der Waals surface area contributed by atoms with Gasteiger partial charge < -0.3 is 21.1 Å². The third-order valence-electron chi connectivity index (χ3n) is 7.31. The number of benzene rings is 2. The van der Waals surface area contributed by atoms with Gasteiger partial charge in [-0.3, -0.25) is 0 Å².